The lowest BCUT2D eigenvalue weighted by Gasteiger charge is -2.13. The molecule has 0 aliphatic carbocycles. The van der Waals surface area contributed by atoms with Gasteiger partial charge in [-0.3, -0.25) is 4.79 Å². The van der Waals surface area contributed by atoms with Crippen molar-refractivity contribution in [3.63, 3.8) is 0 Å². The third-order valence-electron chi connectivity index (χ3n) is 1.70. The summed E-state index contributed by atoms with van der Waals surface area (Å²) in [7, 11) is 0. The summed E-state index contributed by atoms with van der Waals surface area (Å²) in [5.74, 6) is 1.08. The minimum Gasteiger partial charge on any atom is -0.480 e. The quantitative estimate of drug-likeness (QED) is 0.395. The van der Waals surface area contributed by atoms with E-state index < -0.39 is 12.0 Å². The third-order valence-corrected chi connectivity index (χ3v) is 1.70. The average Bonchev–Trinajstić information content (AvgIpc) is 2.15. The maximum absolute atomic E-state index is 10.7. The van der Waals surface area contributed by atoms with Crippen molar-refractivity contribution >= 4 is 11.9 Å². The first-order valence-electron chi connectivity index (χ1n) is 4.72. The molecule has 0 aliphatic rings. The zero-order chi connectivity index (χ0) is 11.7. The predicted molar refractivity (Wildman–Crippen MR) is 56.2 cm³/mol. The van der Waals surface area contributed by atoms with Gasteiger partial charge in [-0.05, 0) is 13.0 Å². The summed E-state index contributed by atoms with van der Waals surface area (Å²) in [6, 6.07) is -0.881. The van der Waals surface area contributed by atoms with Gasteiger partial charge in [0.1, 0.15) is 6.04 Å². The molecule has 1 unspecified atom stereocenters. The summed E-state index contributed by atoms with van der Waals surface area (Å²) < 4.78 is 0. The van der Waals surface area contributed by atoms with Crippen LogP contribution in [0.4, 0.5) is 0 Å². The Kier molecular flexibility index (Phi) is 7.02. The van der Waals surface area contributed by atoms with E-state index in [1.807, 2.05) is 0 Å². The Morgan fingerprint density at radius 3 is 2.67 bits per heavy atom. The molecule has 0 aliphatic heterocycles. The summed E-state index contributed by atoms with van der Waals surface area (Å²) in [4.78, 5) is 21.3. The van der Waals surface area contributed by atoms with Crippen LogP contribution in [-0.4, -0.2) is 36.1 Å². The first-order valence-corrected chi connectivity index (χ1v) is 4.72. The molecule has 5 heteroatoms. The molecule has 3 N–H and O–H groups in total. The van der Waals surface area contributed by atoms with Crippen LogP contribution >= 0.6 is 0 Å². The van der Waals surface area contributed by atoms with Gasteiger partial charge in [-0.2, -0.15) is 0 Å². The summed E-state index contributed by atoms with van der Waals surface area (Å²) in [5.41, 5.74) is 0. The van der Waals surface area contributed by atoms with Gasteiger partial charge >= 0.3 is 5.97 Å². The molecule has 0 saturated carbocycles. The lowest BCUT2D eigenvalue weighted by molar-refractivity contribution is -0.141. The fourth-order valence-electron chi connectivity index (χ4n) is 1.01. The van der Waals surface area contributed by atoms with Crippen molar-refractivity contribution in [2.45, 2.75) is 25.8 Å². The number of aliphatic carboxylic acids is 1. The second-order valence-corrected chi connectivity index (χ2v) is 3.10. The number of carboxylic acids is 1. The number of carbonyl (C=O) groups excluding carboxylic acids is 1. The molecule has 0 aromatic heterocycles. The molecule has 84 valence electrons. The highest BCUT2D eigenvalue weighted by Crippen LogP contribution is 1.86. The number of carbonyl (C=O) groups is 2. The number of amides is 1. The molecule has 5 nitrogen and oxygen atoms in total. The summed E-state index contributed by atoms with van der Waals surface area (Å²) in [6.45, 7) is 2.14. The zero-order valence-corrected chi connectivity index (χ0v) is 8.75. The molecule has 0 radical (unpaired) electrons. The SMILES string of the molecule is C#CCCCNCC(NC(C)=O)C(=O)O. The van der Waals surface area contributed by atoms with Crippen LogP contribution in [0, 0.1) is 12.3 Å². The number of hydrogen-bond donors (Lipinski definition) is 3. The van der Waals surface area contributed by atoms with Crippen molar-refractivity contribution < 1.29 is 14.7 Å². The second-order valence-electron chi connectivity index (χ2n) is 3.10. The smallest absolute Gasteiger partial charge is 0.327 e. The Labute approximate surface area is 89.2 Å². The van der Waals surface area contributed by atoms with Gasteiger partial charge < -0.3 is 15.7 Å². The largest absolute Gasteiger partial charge is 0.480 e. The highest BCUT2D eigenvalue weighted by molar-refractivity contribution is 5.82. The fourth-order valence-corrected chi connectivity index (χ4v) is 1.01. The van der Waals surface area contributed by atoms with Crippen LogP contribution in [0.5, 0.6) is 0 Å². The van der Waals surface area contributed by atoms with E-state index in [2.05, 4.69) is 16.6 Å². The molecular formula is C10H16N2O3. The summed E-state index contributed by atoms with van der Waals surface area (Å²) >= 11 is 0. The number of hydrogen-bond acceptors (Lipinski definition) is 3. The molecule has 0 aromatic carbocycles. The Hall–Kier alpha value is -1.54. The van der Waals surface area contributed by atoms with Crippen LogP contribution < -0.4 is 10.6 Å². The third kappa shape index (κ3) is 7.52. The van der Waals surface area contributed by atoms with Crippen LogP contribution in [-0.2, 0) is 9.59 Å². The van der Waals surface area contributed by atoms with Gasteiger partial charge in [0, 0.05) is 19.9 Å². The fraction of sp³-hybridized carbons (Fsp3) is 0.600. The number of nitrogens with one attached hydrogen (secondary N) is 2. The highest BCUT2D eigenvalue weighted by Gasteiger charge is 2.16. The molecule has 1 atom stereocenters. The first kappa shape index (κ1) is 13.5. The van der Waals surface area contributed by atoms with Gasteiger partial charge in [-0.25, -0.2) is 4.79 Å². The van der Waals surface area contributed by atoms with E-state index >= 15 is 0 Å². The minimum absolute atomic E-state index is 0.208. The molecule has 0 rings (SSSR count). The normalized spacial score (nSPS) is 11.5. The number of unbranched alkanes of at least 4 members (excludes halogenated alkanes) is 1. The highest BCUT2D eigenvalue weighted by atomic mass is 16.4. The zero-order valence-electron chi connectivity index (χ0n) is 8.75. The van der Waals surface area contributed by atoms with E-state index in [-0.39, 0.29) is 12.5 Å². The van der Waals surface area contributed by atoms with Gasteiger partial charge in [0.15, 0.2) is 0 Å². The van der Waals surface area contributed by atoms with Gasteiger partial charge in [0.25, 0.3) is 0 Å². The van der Waals surface area contributed by atoms with Crippen LogP contribution in [0.15, 0.2) is 0 Å². The van der Waals surface area contributed by atoms with Crippen molar-refractivity contribution in [3.8, 4) is 12.3 Å². The summed E-state index contributed by atoms with van der Waals surface area (Å²) in [6.07, 6.45) is 6.51. The van der Waals surface area contributed by atoms with E-state index in [0.717, 1.165) is 6.42 Å². The van der Waals surface area contributed by atoms with E-state index in [9.17, 15) is 9.59 Å². The van der Waals surface area contributed by atoms with Gasteiger partial charge in [0.2, 0.25) is 5.91 Å². The minimum atomic E-state index is -1.05. The molecule has 0 heterocycles. The van der Waals surface area contributed by atoms with Gasteiger partial charge in [0.05, 0.1) is 0 Å². The molecule has 0 bridgehead atoms. The maximum atomic E-state index is 10.7. The Morgan fingerprint density at radius 1 is 1.53 bits per heavy atom. The van der Waals surface area contributed by atoms with Crippen molar-refractivity contribution in [2.24, 2.45) is 0 Å². The molecular weight excluding hydrogens is 196 g/mol. The van der Waals surface area contributed by atoms with Crippen LogP contribution in [0.1, 0.15) is 19.8 Å². The standard InChI is InChI=1S/C10H16N2O3/c1-3-4-5-6-11-7-9(10(14)15)12-8(2)13/h1,9,11H,4-7H2,2H3,(H,12,13)(H,14,15). The lowest BCUT2D eigenvalue weighted by Crippen LogP contribution is -2.46. The predicted octanol–water partition coefficient (Wildman–Crippen LogP) is -0.421. The summed E-state index contributed by atoms with van der Waals surface area (Å²) in [5, 5.41) is 14.0. The van der Waals surface area contributed by atoms with E-state index in [4.69, 9.17) is 11.5 Å². The van der Waals surface area contributed by atoms with Crippen LogP contribution in [0.25, 0.3) is 0 Å². The second kappa shape index (κ2) is 7.83. The maximum Gasteiger partial charge on any atom is 0.327 e. The monoisotopic (exact) mass is 212 g/mol. The molecule has 0 saturated heterocycles. The van der Waals surface area contributed by atoms with Crippen LogP contribution in [0.3, 0.4) is 0 Å². The van der Waals surface area contributed by atoms with Crippen molar-refractivity contribution in [1.82, 2.24) is 10.6 Å². The van der Waals surface area contributed by atoms with E-state index in [1.54, 1.807) is 0 Å². The van der Waals surface area contributed by atoms with Crippen LogP contribution in [0.2, 0.25) is 0 Å². The van der Waals surface area contributed by atoms with E-state index in [1.165, 1.54) is 6.92 Å². The number of carboxylic acid groups (broad SMARTS) is 1. The van der Waals surface area contributed by atoms with Crippen molar-refractivity contribution in [3.05, 3.63) is 0 Å². The Morgan fingerprint density at radius 2 is 2.20 bits per heavy atom. The lowest BCUT2D eigenvalue weighted by atomic mass is 10.2. The Balaban J connectivity index is 3.73. The molecule has 0 spiro atoms. The molecule has 1 amide bonds. The van der Waals surface area contributed by atoms with Crippen molar-refractivity contribution in [1.29, 1.82) is 0 Å². The van der Waals surface area contributed by atoms with Crippen molar-refractivity contribution in [2.75, 3.05) is 13.1 Å². The first-order chi connectivity index (χ1) is 7.07. The number of rotatable bonds is 7. The molecule has 15 heavy (non-hydrogen) atoms. The molecule has 0 fully saturated rings. The number of terminal acetylenes is 1. The Bertz CT molecular complexity index is 258. The van der Waals surface area contributed by atoms with E-state index in [0.29, 0.717) is 13.0 Å². The topological polar surface area (TPSA) is 78.4 Å². The van der Waals surface area contributed by atoms with Gasteiger partial charge in [-0.15, -0.1) is 12.3 Å². The average molecular weight is 212 g/mol. The van der Waals surface area contributed by atoms with Gasteiger partial charge in [-0.1, -0.05) is 0 Å². The molecule has 0 aromatic rings.